The Kier molecular flexibility index (Phi) is 3.02. The van der Waals surface area contributed by atoms with Crippen LogP contribution >= 0.6 is 0 Å². The van der Waals surface area contributed by atoms with Gasteiger partial charge in [-0.15, -0.1) is 0 Å². The van der Waals surface area contributed by atoms with Crippen LogP contribution in [0.25, 0.3) is 0 Å². The van der Waals surface area contributed by atoms with Gasteiger partial charge in [-0.05, 0) is 5.56 Å². The third kappa shape index (κ3) is 2.18. The van der Waals surface area contributed by atoms with Gasteiger partial charge in [0.2, 0.25) is 0 Å². The van der Waals surface area contributed by atoms with E-state index in [9.17, 15) is 0 Å². The van der Waals surface area contributed by atoms with Crippen LogP contribution in [0.3, 0.4) is 0 Å². The molecule has 1 aromatic carbocycles. The Balaban J connectivity index is 2.16. The topological polar surface area (TPSA) is 30.8 Å². The van der Waals surface area contributed by atoms with E-state index in [1.54, 1.807) is 7.11 Å². The van der Waals surface area contributed by atoms with Crippen LogP contribution in [0.2, 0.25) is 0 Å². The van der Waals surface area contributed by atoms with Gasteiger partial charge in [0, 0.05) is 14.0 Å². The lowest BCUT2D eigenvalue weighted by Gasteiger charge is -2.16. The molecule has 3 nitrogen and oxygen atoms in total. The zero-order valence-electron chi connectivity index (χ0n) is 9.01. The van der Waals surface area contributed by atoms with Crippen molar-refractivity contribution in [2.24, 2.45) is 4.99 Å². The molecule has 1 aliphatic rings. The Hall–Kier alpha value is -1.35. The summed E-state index contributed by atoms with van der Waals surface area (Å²) in [6.45, 7) is 2.47. The number of nitrogens with zero attached hydrogens (tertiary/aromatic N) is 1. The van der Waals surface area contributed by atoms with Gasteiger partial charge in [0.1, 0.15) is 12.1 Å². The molecule has 0 aliphatic carbocycles. The molecule has 1 aliphatic heterocycles. The summed E-state index contributed by atoms with van der Waals surface area (Å²) in [5, 5.41) is 0. The maximum absolute atomic E-state index is 5.68. The highest BCUT2D eigenvalue weighted by molar-refractivity contribution is 5.75. The van der Waals surface area contributed by atoms with Crippen LogP contribution in [0.1, 0.15) is 18.6 Å². The standard InChI is InChI=1S/C12H15NO2/c1-9-13-11(8-14-2)12(15-9)10-6-4-3-5-7-10/h3-7,11-12H,8H2,1-2H3/t11-,12?/m0/s1. The quantitative estimate of drug-likeness (QED) is 0.757. The second-order valence-corrected chi connectivity index (χ2v) is 3.62. The van der Waals surface area contributed by atoms with Gasteiger partial charge in [0.15, 0.2) is 5.90 Å². The third-order valence-corrected chi connectivity index (χ3v) is 2.46. The summed E-state index contributed by atoms with van der Waals surface area (Å²) in [4.78, 5) is 4.41. The van der Waals surface area contributed by atoms with Crippen molar-refractivity contribution >= 4 is 5.90 Å². The molecule has 1 unspecified atom stereocenters. The largest absolute Gasteiger partial charge is 0.471 e. The van der Waals surface area contributed by atoms with Crippen molar-refractivity contribution in [2.75, 3.05) is 13.7 Å². The van der Waals surface area contributed by atoms with Crippen molar-refractivity contribution in [2.45, 2.75) is 19.1 Å². The Labute approximate surface area is 89.7 Å². The minimum Gasteiger partial charge on any atom is -0.471 e. The molecule has 0 amide bonds. The van der Waals surface area contributed by atoms with E-state index in [4.69, 9.17) is 9.47 Å². The van der Waals surface area contributed by atoms with Gasteiger partial charge in [0.05, 0.1) is 6.61 Å². The molecular formula is C12H15NO2. The molecule has 80 valence electrons. The normalized spacial score (nSPS) is 24.8. The molecule has 0 N–H and O–H groups in total. The molecule has 1 aromatic rings. The van der Waals surface area contributed by atoms with Crippen molar-refractivity contribution < 1.29 is 9.47 Å². The second-order valence-electron chi connectivity index (χ2n) is 3.62. The Morgan fingerprint density at radius 1 is 1.33 bits per heavy atom. The summed E-state index contributed by atoms with van der Waals surface area (Å²) in [6.07, 6.45) is 0.00569. The minimum atomic E-state index is 0.00569. The average molecular weight is 205 g/mol. The van der Waals surface area contributed by atoms with Gasteiger partial charge in [0.25, 0.3) is 0 Å². The predicted molar refractivity (Wildman–Crippen MR) is 59.0 cm³/mol. The fraction of sp³-hybridized carbons (Fsp3) is 0.417. The summed E-state index contributed by atoms with van der Waals surface area (Å²) >= 11 is 0. The highest BCUT2D eigenvalue weighted by atomic mass is 16.5. The third-order valence-electron chi connectivity index (χ3n) is 2.46. The highest BCUT2D eigenvalue weighted by Crippen LogP contribution is 2.28. The summed E-state index contributed by atoms with van der Waals surface area (Å²) in [5.41, 5.74) is 1.15. The first kappa shape index (κ1) is 10.2. The molecule has 0 fully saturated rings. The van der Waals surface area contributed by atoms with Gasteiger partial charge in [-0.1, -0.05) is 30.3 Å². The van der Waals surface area contributed by atoms with Crippen LogP contribution in [0, 0.1) is 0 Å². The van der Waals surface area contributed by atoms with Gasteiger partial charge in [-0.2, -0.15) is 0 Å². The fourth-order valence-electron chi connectivity index (χ4n) is 1.82. The van der Waals surface area contributed by atoms with Crippen LogP contribution in [-0.4, -0.2) is 25.7 Å². The number of methoxy groups -OCH3 is 1. The number of hydrogen-bond donors (Lipinski definition) is 0. The van der Waals surface area contributed by atoms with Crippen molar-refractivity contribution in [3.63, 3.8) is 0 Å². The first-order valence-electron chi connectivity index (χ1n) is 5.06. The van der Waals surface area contributed by atoms with Gasteiger partial charge in [-0.25, -0.2) is 4.99 Å². The summed E-state index contributed by atoms with van der Waals surface area (Å²) in [5.74, 6) is 0.742. The van der Waals surface area contributed by atoms with Gasteiger partial charge < -0.3 is 9.47 Å². The van der Waals surface area contributed by atoms with Crippen LogP contribution in [0.15, 0.2) is 35.3 Å². The first-order valence-corrected chi connectivity index (χ1v) is 5.06. The zero-order valence-corrected chi connectivity index (χ0v) is 9.01. The Bertz CT molecular complexity index is 348. The SMILES string of the molecule is COC[C@@H]1N=C(C)OC1c1ccccc1. The Morgan fingerprint density at radius 3 is 2.73 bits per heavy atom. The van der Waals surface area contributed by atoms with Crippen LogP contribution < -0.4 is 0 Å². The van der Waals surface area contributed by atoms with Gasteiger partial charge >= 0.3 is 0 Å². The molecule has 1 heterocycles. The van der Waals surface area contributed by atoms with E-state index in [2.05, 4.69) is 17.1 Å². The summed E-state index contributed by atoms with van der Waals surface area (Å²) in [6, 6.07) is 10.2. The van der Waals surface area contributed by atoms with E-state index in [0.29, 0.717) is 6.61 Å². The van der Waals surface area contributed by atoms with Crippen molar-refractivity contribution in [3.8, 4) is 0 Å². The lowest BCUT2D eigenvalue weighted by molar-refractivity contribution is 0.119. The van der Waals surface area contributed by atoms with Crippen LogP contribution in [0.5, 0.6) is 0 Å². The minimum absolute atomic E-state index is 0.00569. The van der Waals surface area contributed by atoms with Crippen LogP contribution in [0.4, 0.5) is 0 Å². The lowest BCUT2D eigenvalue weighted by Crippen LogP contribution is -2.19. The highest BCUT2D eigenvalue weighted by Gasteiger charge is 2.30. The average Bonchev–Trinajstić information content (AvgIpc) is 2.62. The lowest BCUT2D eigenvalue weighted by atomic mass is 10.0. The number of rotatable bonds is 3. The smallest absolute Gasteiger partial charge is 0.181 e. The van der Waals surface area contributed by atoms with E-state index in [0.717, 1.165) is 11.5 Å². The zero-order chi connectivity index (χ0) is 10.7. The first-order chi connectivity index (χ1) is 7.31. The van der Waals surface area contributed by atoms with E-state index >= 15 is 0 Å². The molecule has 2 atom stereocenters. The van der Waals surface area contributed by atoms with E-state index in [1.807, 2.05) is 25.1 Å². The summed E-state index contributed by atoms with van der Waals surface area (Å²) in [7, 11) is 1.69. The molecule has 0 aromatic heterocycles. The second kappa shape index (κ2) is 4.45. The number of aliphatic imine (C=N–C) groups is 1. The summed E-state index contributed by atoms with van der Waals surface area (Å²) < 4.78 is 10.8. The molecular weight excluding hydrogens is 190 g/mol. The number of benzene rings is 1. The Morgan fingerprint density at radius 2 is 2.07 bits per heavy atom. The molecule has 2 rings (SSSR count). The van der Waals surface area contributed by atoms with E-state index < -0.39 is 0 Å². The van der Waals surface area contributed by atoms with Crippen molar-refractivity contribution in [3.05, 3.63) is 35.9 Å². The molecule has 0 bridgehead atoms. The van der Waals surface area contributed by atoms with E-state index in [1.165, 1.54) is 0 Å². The fourth-order valence-corrected chi connectivity index (χ4v) is 1.82. The van der Waals surface area contributed by atoms with Crippen LogP contribution in [-0.2, 0) is 9.47 Å². The van der Waals surface area contributed by atoms with Gasteiger partial charge in [-0.3, -0.25) is 0 Å². The van der Waals surface area contributed by atoms with Crippen molar-refractivity contribution in [1.82, 2.24) is 0 Å². The monoisotopic (exact) mass is 205 g/mol. The number of hydrogen-bond acceptors (Lipinski definition) is 3. The number of ether oxygens (including phenoxy) is 2. The maximum atomic E-state index is 5.68. The molecule has 15 heavy (non-hydrogen) atoms. The molecule has 0 saturated heterocycles. The maximum Gasteiger partial charge on any atom is 0.181 e. The molecule has 0 spiro atoms. The molecule has 3 heteroatoms. The predicted octanol–water partition coefficient (Wildman–Crippen LogP) is 2.19. The molecule has 0 saturated carbocycles. The van der Waals surface area contributed by atoms with E-state index in [-0.39, 0.29) is 12.1 Å². The molecule has 0 radical (unpaired) electrons. The van der Waals surface area contributed by atoms with Crippen molar-refractivity contribution in [1.29, 1.82) is 0 Å².